The molecule has 0 aliphatic rings. The predicted molar refractivity (Wildman–Crippen MR) is 63.8 cm³/mol. The standard InChI is InChI=1S/C12H11NO3S/c1-15-11(14)10-4-2-9(3-5-10)8-17-12-13-6-7-16-12/h2-7H,8H2,1H3. The quantitative estimate of drug-likeness (QED) is 0.616. The highest BCUT2D eigenvalue weighted by atomic mass is 32.2. The molecule has 0 unspecified atom stereocenters. The third-order valence-electron chi connectivity index (χ3n) is 2.15. The van der Waals surface area contributed by atoms with Crippen LogP contribution in [0.4, 0.5) is 0 Å². The summed E-state index contributed by atoms with van der Waals surface area (Å²) in [6.45, 7) is 0. The normalized spacial score (nSPS) is 10.2. The molecule has 2 rings (SSSR count). The lowest BCUT2D eigenvalue weighted by Crippen LogP contribution is -2.00. The van der Waals surface area contributed by atoms with Crippen LogP contribution in [0.15, 0.2) is 46.4 Å². The van der Waals surface area contributed by atoms with Gasteiger partial charge >= 0.3 is 5.97 Å². The van der Waals surface area contributed by atoms with Crippen molar-refractivity contribution in [2.45, 2.75) is 11.0 Å². The van der Waals surface area contributed by atoms with E-state index in [1.54, 1.807) is 24.6 Å². The molecule has 1 heterocycles. The summed E-state index contributed by atoms with van der Waals surface area (Å²) < 4.78 is 9.74. The van der Waals surface area contributed by atoms with Gasteiger partial charge in [0, 0.05) is 5.75 Å². The molecule has 1 aromatic heterocycles. The molecule has 0 saturated heterocycles. The highest BCUT2D eigenvalue weighted by molar-refractivity contribution is 7.98. The smallest absolute Gasteiger partial charge is 0.337 e. The molecule has 0 N–H and O–H groups in total. The first kappa shape index (κ1) is 11.7. The van der Waals surface area contributed by atoms with Gasteiger partial charge < -0.3 is 9.15 Å². The van der Waals surface area contributed by atoms with Crippen molar-refractivity contribution >= 4 is 17.7 Å². The van der Waals surface area contributed by atoms with Crippen molar-refractivity contribution in [3.63, 3.8) is 0 Å². The van der Waals surface area contributed by atoms with Crippen molar-refractivity contribution in [2.75, 3.05) is 7.11 Å². The molecule has 0 aliphatic carbocycles. The third kappa shape index (κ3) is 3.10. The fourth-order valence-corrected chi connectivity index (χ4v) is 2.02. The van der Waals surface area contributed by atoms with Gasteiger partial charge in [0.25, 0.3) is 5.22 Å². The van der Waals surface area contributed by atoms with Crippen LogP contribution in [0.5, 0.6) is 0 Å². The van der Waals surface area contributed by atoms with Gasteiger partial charge in [0.15, 0.2) is 0 Å². The summed E-state index contributed by atoms with van der Waals surface area (Å²) in [6, 6.07) is 7.28. The minimum Gasteiger partial charge on any atom is -0.465 e. The molecule has 5 heteroatoms. The summed E-state index contributed by atoms with van der Waals surface area (Å²) >= 11 is 1.51. The lowest BCUT2D eigenvalue weighted by molar-refractivity contribution is 0.0600. The van der Waals surface area contributed by atoms with Crippen LogP contribution < -0.4 is 0 Å². The lowest BCUT2D eigenvalue weighted by atomic mass is 10.1. The van der Waals surface area contributed by atoms with Crippen LogP contribution in [-0.2, 0) is 10.5 Å². The average Bonchev–Trinajstić information content (AvgIpc) is 2.89. The summed E-state index contributed by atoms with van der Waals surface area (Å²) in [5.41, 5.74) is 1.65. The molecule has 0 atom stereocenters. The largest absolute Gasteiger partial charge is 0.465 e. The van der Waals surface area contributed by atoms with Crippen LogP contribution in [0, 0.1) is 0 Å². The van der Waals surface area contributed by atoms with Gasteiger partial charge in [0.05, 0.1) is 18.9 Å². The Hall–Kier alpha value is -1.75. The van der Waals surface area contributed by atoms with Gasteiger partial charge in [-0.05, 0) is 17.7 Å². The van der Waals surface area contributed by atoms with Crippen LogP contribution >= 0.6 is 11.8 Å². The van der Waals surface area contributed by atoms with Crippen molar-refractivity contribution in [2.24, 2.45) is 0 Å². The summed E-state index contributed by atoms with van der Waals surface area (Å²) in [5.74, 6) is 0.430. The molecule has 1 aromatic carbocycles. The first-order valence-electron chi connectivity index (χ1n) is 4.99. The van der Waals surface area contributed by atoms with Crippen molar-refractivity contribution in [1.82, 2.24) is 4.98 Å². The minimum absolute atomic E-state index is 0.322. The van der Waals surface area contributed by atoms with E-state index in [0.29, 0.717) is 10.8 Å². The Bertz CT molecular complexity index is 479. The highest BCUT2D eigenvalue weighted by Gasteiger charge is 2.05. The van der Waals surface area contributed by atoms with Gasteiger partial charge in [0.1, 0.15) is 6.26 Å². The fraction of sp³-hybridized carbons (Fsp3) is 0.167. The van der Waals surface area contributed by atoms with Crippen LogP contribution in [0.25, 0.3) is 0 Å². The number of thioether (sulfide) groups is 1. The SMILES string of the molecule is COC(=O)c1ccc(CSc2ncco2)cc1. The number of methoxy groups -OCH3 is 1. The minimum atomic E-state index is -0.322. The number of aromatic nitrogens is 1. The topological polar surface area (TPSA) is 52.3 Å². The zero-order valence-corrected chi connectivity index (χ0v) is 10.1. The molecule has 0 amide bonds. The molecule has 88 valence electrons. The predicted octanol–water partition coefficient (Wildman–Crippen LogP) is 2.75. The molecule has 0 radical (unpaired) electrons. The van der Waals surface area contributed by atoms with E-state index >= 15 is 0 Å². The van der Waals surface area contributed by atoms with Crippen LogP contribution in [0.3, 0.4) is 0 Å². The van der Waals surface area contributed by atoms with Crippen LogP contribution in [0.2, 0.25) is 0 Å². The Labute approximate surface area is 103 Å². The number of hydrogen-bond acceptors (Lipinski definition) is 5. The molecule has 4 nitrogen and oxygen atoms in total. The van der Waals surface area contributed by atoms with E-state index in [1.165, 1.54) is 18.9 Å². The third-order valence-corrected chi connectivity index (χ3v) is 3.07. The number of carbonyl (C=O) groups excluding carboxylic acids is 1. The number of esters is 1. The zero-order chi connectivity index (χ0) is 12.1. The van der Waals surface area contributed by atoms with Gasteiger partial charge in [-0.1, -0.05) is 23.9 Å². The summed E-state index contributed by atoms with van der Waals surface area (Å²) in [4.78, 5) is 15.2. The maximum Gasteiger partial charge on any atom is 0.337 e. The van der Waals surface area contributed by atoms with E-state index in [2.05, 4.69) is 9.72 Å². The summed E-state index contributed by atoms with van der Waals surface area (Å²) in [6.07, 6.45) is 3.16. The van der Waals surface area contributed by atoms with Gasteiger partial charge in [0.2, 0.25) is 0 Å². The average molecular weight is 249 g/mol. The van der Waals surface area contributed by atoms with E-state index < -0.39 is 0 Å². The molecule has 17 heavy (non-hydrogen) atoms. The molecular formula is C12H11NO3S. The Balaban J connectivity index is 1.96. The number of hydrogen-bond donors (Lipinski definition) is 0. The molecule has 0 spiro atoms. The molecular weight excluding hydrogens is 238 g/mol. The summed E-state index contributed by atoms with van der Waals surface area (Å²) in [5, 5.41) is 0.641. The Morgan fingerprint density at radius 3 is 2.76 bits per heavy atom. The van der Waals surface area contributed by atoms with Gasteiger partial charge in [-0.15, -0.1) is 0 Å². The highest BCUT2D eigenvalue weighted by Crippen LogP contribution is 2.20. The van der Waals surface area contributed by atoms with Crippen molar-refractivity contribution < 1.29 is 13.9 Å². The number of carbonyl (C=O) groups is 1. The lowest BCUT2D eigenvalue weighted by Gasteiger charge is -2.01. The first-order valence-corrected chi connectivity index (χ1v) is 5.97. The van der Waals surface area contributed by atoms with E-state index in [1.807, 2.05) is 12.1 Å². The number of benzene rings is 1. The van der Waals surface area contributed by atoms with E-state index in [-0.39, 0.29) is 5.97 Å². The maximum atomic E-state index is 11.2. The number of ether oxygens (including phenoxy) is 1. The van der Waals surface area contributed by atoms with E-state index in [9.17, 15) is 4.79 Å². The summed E-state index contributed by atoms with van der Waals surface area (Å²) in [7, 11) is 1.37. The number of oxazole rings is 1. The van der Waals surface area contributed by atoms with E-state index in [0.717, 1.165) is 11.3 Å². The monoisotopic (exact) mass is 249 g/mol. The van der Waals surface area contributed by atoms with Crippen LogP contribution in [-0.4, -0.2) is 18.1 Å². The van der Waals surface area contributed by atoms with Crippen molar-refractivity contribution in [3.05, 3.63) is 47.9 Å². The molecule has 0 saturated carbocycles. The first-order chi connectivity index (χ1) is 8.29. The maximum absolute atomic E-state index is 11.2. The fourth-order valence-electron chi connectivity index (χ4n) is 1.28. The van der Waals surface area contributed by atoms with Gasteiger partial charge in [-0.25, -0.2) is 9.78 Å². The van der Waals surface area contributed by atoms with Gasteiger partial charge in [-0.2, -0.15) is 0 Å². The Kier molecular flexibility index (Phi) is 3.82. The number of nitrogens with zero attached hydrogens (tertiary/aromatic N) is 1. The molecule has 2 aromatic rings. The second-order valence-corrected chi connectivity index (χ2v) is 4.20. The van der Waals surface area contributed by atoms with Crippen molar-refractivity contribution in [1.29, 1.82) is 0 Å². The van der Waals surface area contributed by atoms with Crippen LogP contribution in [0.1, 0.15) is 15.9 Å². The van der Waals surface area contributed by atoms with E-state index in [4.69, 9.17) is 4.42 Å². The second-order valence-electron chi connectivity index (χ2n) is 3.28. The molecule has 0 aliphatic heterocycles. The van der Waals surface area contributed by atoms with Crippen molar-refractivity contribution in [3.8, 4) is 0 Å². The van der Waals surface area contributed by atoms with Gasteiger partial charge in [-0.3, -0.25) is 0 Å². The number of rotatable bonds is 4. The zero-order valence-electron chi connectivity index (χ0n) is 9.25. The second kappa shape index (κ2) is 5.54. The molecule has 0 fully saturated rings. The Morgan fingerprint density at radius 1 is 1.41 bits per heavy atom. The Morgan fingerprint density at radius 2 is 2.18 bits per heavy atom. The molecule has 0 bridgehead atoms.